The van der Waals surface area contributed by atoms with Crippen molar-refractivity contribution in [2.24, 2.45) is 0 Å². The third-order valence-corrected chi connectivity index (χ3v) is 4.95. The second kappa shape index (κ2) is 6.29. The number of rotatable bonds is 3. The molecule has 3 rings (SSSR count). The van der Waals surface area contributed by atoms with Gasteiger partial charge in [-0.05, 0) is 46.5 Å². The molecule has 1 aromatic heterocycles. The molecule has 0 bridgehead atoms. The average molecular weight is 346 g/mol. The van der Waals surface area contributed by atoms with E-state index in [4.69, 9.17) is 0 Å². The predicted molar refractivity (Wildman–Crippen MR) is 88.2 cm³/mol. The van der Waals surface area contributed by atoms with Crippen molar-refractivity contribution in [3.63, 3.8) is 0 Å². The molecule has 1 N–H and O–H groups in total. The van der Waals surface area contributed by atoms with Crippen molar-refractivity contribution >= 4 is 15.9 Å². The molecule has 110 valence electrons. The van der Waals surface area contributed by atoms with Crippen LogP contribution in [0.2, 0.25) is 0 Å². The third kappa shape index (κ3) is 3.35. The summed E-state index contributed by atoms with van der Waals surface area (Å²) in [7, 11) is 0. The van der Waals surface area contributed by atoms with E-state index in [1.807, 2.05) is 18.2 Å². The Labute approximate surface area is 134 Å². The van der Waals surface area contributed by atoms with Crippen molar-refractivity contribution < 1.29 is 5.11 Å². The first-order valence-electron chi connectivity index (χ1n) is 7.55. The Bertz CT molecular complexity index is 584. The molecule has 2 aromatic rings. The van der Waals surface area contributed by atoms with Crippen LogP contribution in [0.3, 0.4) is 0 Å². The van der Waals surface area contributed by atoms with Crippen LogP contribution in [-0.4, -0.2) is 15.7 Å². The molecule has 1 saturated carbocycles. The summed E-state index contributed by atoms with van der Waals surface area (Å²) in [5.41, 5.74) is 1.53. The maximum absolute atomic E-state index is 11.3. The zero-order valence-electron chi connectivity index (χ0n) is 12.0. The number of hydrogen-bond acceptors (Lipinski definition) is 2. The van der Waals surface area contributed by atoms with E-state index >= 15 is 0 Å². The number of aliphatic hydroxyl groups is 1. The molecule has 0 amide bonds. The molecule has 1 heterocycles. The van der Waals surface area contributed by atoms with Crippen LogP contribution < -0.4 is 0 Å². The third-order valence-electron chi connectivity index (χ3n) is 4.48. The minimum absolute atomic E-state index is 0.206. The van der Waals surface area contributed by atoms with E-state index in [1.165, 1.54) is 12.0 Å². The second-order valence-electron chi connectivity index (χ2n) is 5.96. The van der Waals surface area contributed by atoms with Gasteiger partial charge in [-0.1, -0.05) is 43.2 Å². The van der Waals surface area contributed by atoms with Gasteiger partial charge in [0.05, 0.1) is 5.60 Å². The molecule has 0 radical (unpaired) electrons. The van der Waals surface area contributed by atoms with E-state index in [0.29, 0.717) is 6.42 Å². The highest BCUT2D eigenvalue weighted by atomic mass is 79.9. The van der Waals surface area contributed by atoms with Crippen LogP contribution in [0.15, 0.2) is 53.1 Å². The number of aromatic nitrogens is 1. The normalized spacial score (nSPS) is 25.7. The molecule has 1 fully saturated rings. The van der Waals surface area contributed by atoms with Crippen molar-refractivity contribution in [2.75, 3.05) is 0 Å². The van der Waals surface area contributed by atoms with Gasteiger partial charge in [0.15, 0.2) is 0 Å². The number of halogens is 1. The molecule has 21 heavy (non-hydrogen) atoms. The van der Waals surface area contributed by atoms with Gasteiger partial charge in [0.2, 0.25) is 0 Å². The van der Waals surface area contributed by atoms with Gasteiger partial charge in [0, 0.05) is 28.7 Å². The highest BCUT2D eigenvalue weighted by Gasteiger charge is 2.39. The molecule has 0 aliphatic heterocycles. The van der Waals surface area contributed by atoms with Crippen LogP contribution >= 0.6 is 15.9 Å². The molecule has 1 aliphatic rings. The number of hydrogen-bond donors (Lipinski definition) is 1. The highest BCUT2D eigenvalue weighted by molar-refractivity contribution is 9.10. The van der Waals surface area contributed by atoms with Gasteiger partial charge in [-0.15, -0.1) is 0 Å². The Morgan fingerprint density at radius 3 is 2.67 bits per heavy atom. The van der Waals surface area contributed by atoms with E-state index in [2.05, 4.69) is 45.2 Å². The van der Waals surface area contributed by atoms with Gasteiger partial charge >= 0.3 is 0 Å². The molecule has 1 aliphatic carbocycles. The minimum Gasteiger partial charge on any atom is -0.389 e. The number of nitrogens with zero attached hydrogens (tertiary/aromatic N) is 1. The maximum atomic E-state index is 11.3. The number of pyridine rings is 1. The Kier molecular flexibility index (Phi) is 4.41. The maximum Gasteiger partial charge on any atom is 0.0771 e. The Balaban J connectivity index is 1.86. The Hall–Kier alpha value is -1.19. The van der Waals surface area contributed by atoms with Crippen LogP contribution in [0.25, 0.3) is 0 Å². The predicted octanol–water partition coefficient (Wildman–Crippen LogP) is 4.48. The van der Waals surface area contributed by atoms with Crippen LogP contribution in [-0.2, 0) is 6.42 Å². The van der Waals surface area contributed by atoms with Crippen LogP contribution in [0.4, 0.5) is 0 Å². The molecule has 2 atom stereocenters. The second-order valence-corrected chi connectivity index (χ2v) is 6.87. The van der Waals surface area contributed by atoms with Crippen molar-refractivity contribution in [3.05, 3.63) is 64.4 Å². The van der Waals surface area contributed by atoms with Gasteiger partial charge in [-0.2, -0.15) is 0 Å². The molecule has 1 aromatic carbocycles. The summed E-state index contributed by atoms with van der Waals surface area (Å²) in [5.74, 6) is 0.206. The molecule has 3 heteroatoms. The fourth-order valence-corrected chi connectivity index (χ4v) is 3.66. The Morgan fingerprint density at radius 1 is 1.14 bits per heavy atom. The standard InChI is InChI=1S/C18H20BrNO/c19-15-9-10-16(20-13-15)12-18(21)11-5-4-8-17(18)14-6-2-1-3-7-14/h1-3,6-7,9-10,13,17,21H,4-5,8,11-12H2. The summed E-state index contributed by atoms with van der Waals surface area (Å²) in [6, 6.07) is 14.4. The summed E-state index contributed by atoms with van der Waals surface area (Å²) in [5, 5.41) is 11.3. The summed E-state index contributed by atoms with van der Waals surface area (Å²) >= 11 is 3.41. The topological polar surface area (TPSA) is 33.1 Å². The monoisotopic (exact) mass is 345 g/mol. The first kappa shape index (κ1) is 14.7. The fourth-order valence-electron chi connectivity index (χ4n) is 3.42. The number of benzene rings is 1. The quantitative estimate of drug-likeness (QED) is 0.889. The molecule has 2 unspecified atom stereocenters. The smallest absolute Gasteiger partial charge is 0.0771 e. The fraction of sp³-hybridized carbons (Fsp3) is 0.389. The van der Waals surface area contributed by atoms with E-state index in [9.17, 15) is 5.11 Å². The van der Waals surface area contributed by atoms with E-state index in [0.717, 1.165) is 29.4 Å². The van der Waals surface area contributed by atoms with Gasteiger partial charge in [0.25, 0.3) is 0 Å². The first-order valence-corrected chi connectivity index (χ1v) is 8.34. The lowest BCUT2D eigenvalue weighted by Crippen LogP contribution is -2.41. The summed E-state index contributed by atoms with van der Waals surface area (Å²) in [6.07, 6.45) is 6.62. The summed E-state index contributed by atoms with van der Waals surface area (Å²) < 4.78 is 0.974. The zero-order chi connectivity index (χ0) is 14.7. The summed E-state index contributed by atoms with van der Waals surface area (Å²) in [6.45, 7) is 0. The van der Waals surface area contributed by atoms with Gasteiger partial charge < -0.3 is 5.11 Å². The lowest BCUT2D eigenvalue weighted by atomic mass is 9.70. The van der Waals surface area contributed by atoms with Crippen molar-refractivity contribution in [1.29, 1.82) is 0 Å². The van der Waals surface area contributed by atoms with E-state index in [-0.39, 0.29) is 5.92 Å². The van der Waals surface area contributed by atoms with Gasteiger partial charge in [-0.3, -0.25) is 4.98 Å². The lowest BCUT2D eigenvalue weighted by molar-refractivity contribution is -0.0174. The molecular weight excluding hydrogens is 326 g/mol. The van der Waals surface area contributed by atoms with Crippen molar-refractivity contribution in [1.82, 2.24) is 4.98 Å². The first-order chi connectivity index (χ1) is 10.2. The van der Waals surface area contributed by atoms with Gasteiger partial charge in [-0.25, -0.2) is 0 Å². The van der Waals surface area contributed by atoms with Crippen molar-refractivity contribution in [2.45, 2.75) is 43.6 Å². The minimum atomic E-state index is -0.680. The molecular formula is C18H20BrNO. The molecule has 0 spiro atoms. The van der Waals surface area contributed by atoms with E-state index < -0.39 is 5.60 Å². The van der Waals surface area contributed by atoms with Gasteiger partial charge in [0.1, 0.15) is 0 Å². The lowest BCUT2D eigenvalue weighted by Gasteiger charge is -2.40. The summed E-state index contributed by atoms with van der Waals surface area (Å²) in [4.78, 5) is 4.44. The highest BCUT2D eigenvalue weighted by Crippen LogP contribution is 2.42. The van der Waals surface area contributed by atoms with Crippen LogP contribution in [0.5, 0.6) is 0 Å². The van der Waals surface area contributed by atoms with Crippen LogP contribution in [0, 0.1) is 0 Å². The Morgan fingerprint density at radius 2 is 1.95 bits per heavy atom. The molecule has 2 nitrogen and oxygen atoms in total. The largest absolute Gasteiger partial charge is 0.389 e. The molecule has 0 saturated heterocycles. The zero-order valence-corrected chi connectivity index (χ0v) is 13.6. The van der Waals surface area contributed by atoms with Crippen molar-refractivity contribution in [3.8, 4) is 0 Å². The SMILES string of the molecule is OC1(Cc2ccc(Br)cn2)CCCCC1c1ccccc1. The van der Waals surface area contributed by atoms with E-state index in [1.54, 1.807) is 6.20 Å². The van der Waals surface area contributed by atoms with Crippen LogP contribution in [0.1, 0.15) is 42.9 Å². The average Bonchev–Trinajstić information content (AvgIpc) is 2.51.